The zero-order chi connectivity index (χ0) is 15.6. The second-order valence-corrected chi connectivity index (χ2v) is 8.99. The number of thiophene rings is 1. The van der Waals surface area contributed by atoms with E-state index in [-0.39, 0.29) is 23.1 Å². The van der Waals surface area contributed by atoms with Crippen LogP contribution in [0.2, 0.25) is 0 Å². The lowest BCUT2D eigenvalue weighted by Crippen LogP contribution is -2.29. The van der Waals surface area contributed by atoms with Crippen molar-refractivity contribution in [2.24, 2.45) is 11.8 Å². The molecular weight excluding hydrogens is 310 g/mol. The van der Waals surface area contributed by atoms with E-state index in [9.17, 15) is 13.2 Å². The molecule has 1 fully saturated rings. The van der Waals surface area contributed by atoms with Gasteiger partial charge in [-0.3, -0.25) is 0 Å². The highest BCUT2D eigenvalue weighted by atomic mass is 32.2. The van der Waals surface area contributed by atoms with E-state index in [4.69, 9.17) is 5.11 Å². The number of carbonyl (C=O) groups is 1. The van der Waals surface area contributed by atoms with Gasteiger partial charge in [0.25, 0.3) is 0 Å². The predicted octanol–water partition coefficient (Wildman–Crippen LogP) is 2.61. The van der Waals surface area contributed by atoms with Gasteiger partial charge in [0.2, 0.25) is 10.0 Å². The first kappa shape index (κ1) is 16.5. The van der Waals surface area contributed by atoms with Crippen molar-refractivity contribution in [2.75, 3.05) is 5.75 Å². The number of nitrogens with one attached hydrogen (secondary N) is 1. The Labute approximate surface area is 129 Å². The van der Waals surface area contributed by atoms with Gasteiger partial charge in [-0.15, -0.1) is 11.3 Å². The summed E-state index contributed by atoms with van der Waals surface area (Å²) in [5, 5.41) is 8.94. The molecule has 2 unspecified atom stereocenters. The second-order valence-electron chi connectivity index (χ2n) is 5.88. The van der Waals surface area contributed by atoms with Crippen molar-refractivity contribution in [3.05, 3.63) is 21.4 Å². The maximum Gasteiger partial charge on any atom is 0.345 e. The summed E-state index contributed by atoms with van der Waals surface area (Å²) in [5.41, 5.74) is 0.737. The number of aromatic carboxylic acids is 1. The van der Waals surface area contributed by atoms with Crippen LogP contribution in [0.5, 0.6) is 0 Å². The molecule has 0 aliphatic heterocycles. The fourth-order valence-electron chi connectivity index (χ4n) is 2.83. The van der Waals surface area contributed by atoms with Gasteiger partial charge in [0.05, 0.1) is 5.75 Å². The topological polar surface area (TPSA) is 83.5 Å². The van der Waals surface area contributed by atoms with Gasteiger partial charge >= 0.3 is 5.97 Å². The Bertz CT molecular complexity index is 621. The summed E-state index contributed by atoms with van der Waals surface area (Å²) in [4.78, 5) is 12.0. The van der Waals surface area contributed by atoms with E-state index >= 15 is 0 Å². The number of sulfonamides is 1. The molecule has 1 aliphatic rings. The van der Waals surface area contributed by atoms with Gasteiger partial charge in [0.1, 0.15) is 4.88 Å². The van der Waals surface area contributed by atoms with Crippen LogP contribution in [0.3, 0.4) is 0 Å². The Kier molecular flexibility index (Phi) is 5.06. The van der Waals surface area contributed by atoms with Crippen LogP contribution >= 0.6 is 11.3 Å². The summed E-state index contributed by atoms with van der Waals surface area (Å²) in [7, 11) is -3.31. The Morgan fingerprint density at radius 3 is 2.71 bits per heavy atom. The van der Waals surface area contributed by atoms with Crippen LogP contribution in [-0.4, -0.2) is 25.2 Å². The molecule has 21 heavy (non-hydrogen) atoms. The molecule has 0 amide bonds. The van der Waals surface area contributed by atoms with Crippen molar-refractivity contribution in [2.45, 2.75) is 39.7 Å². The minimum absolute atomic E-state index is 0.167. The molecule has 0 spiro atoms. The summed E-state index contributed by atoms with van der Waals surface area (Å²) in [5.74, 6) is 0.0574. The lowest BCUT2D eigenvalue weighted by molar-refractivity contribution is 0.0702. The van der Waals surface area contributed by atoms with Crippen LogP contribution in [-0.2, 0) is 16.6 Å². The Morgan fingerprint density at radius 2 is 2.19 bits per heavy atom. The zero-order valence-corrected chi connectivity index (χ0v) is 13.9. The van der Waals surface area contributed by atoms with Crippen molar-refractivity contribution in [3.8, 4) is 0 Å². The standard InChI is InChI=1S/C14H21NO4S2/c1-9-3-4-11(5-9)8-21(18,19)15-7-12-6-13(14(16)17)20-10(12)2/h6,9,11,15H,3-5,7-8H2,1-2H3,(H,16,17). The first-order valence-electron chi connectivity index (χ1n) is 7.07. The lowest BCUT2D eigenvalue weighted by atomic mass is 10.1. The Balaban J connectivity index is 1.93. The molecule has 7 heteroatoms. The summed E-state index contributed by atoms with van der Waals surface area (Å²) < 4.78 is 26.8. The summed E-state index contributed by atoms with van der Waals surface area (Å²) in [6.07, 6.45) is 3.05. The van der Waals surface area contributed by atoms with Gasteiger partial charge in [0, 0.05) is 11.4 Å². The third kappa shape index (κ3) is 4.52. The SMILES string of the molecule is Cc1sc(C(=O)O)cc1CNS(=O)(=O)CC1CCC(C)C1. The average molecular weight is 331 g/mol. The molecule has 0 bridgehead atoms. The number of hydrogen-bond donors (Lipinski definition) is 2. The molecule has 1 heterocycles. The van der Waals surface area contributed by atoms with E-state index in [1.54, 1.807) is 13.0 Å². The van der Waals surface area contributed by atoms with Gasteiger partial charge in [0.15, 0.2) is 0 Å². The summed E-state index contributed by atoms with van der Waals surface area (Å²) >= 11 is 1.17. The van der Waals surface area contributed by atoms with Gasteiger partial charge in [-0.05, 0) is 43.2 Å². The average Bonchev–Trinajstić information content (AvgIpc) is 2.93. The van der Waals surface area contributed by atoms with Gasteiger partial charge in [-0.25, -0.2) is 17.9 Å². The van der Waals surface area contributed by atoms with E-state index < -0.39 is 16.0 Å². The normalized spacial score (nSPS) is 22.6. The molecule has 1 aromatic rings. The van der Waals surface area contributed by atoms with Crippen molar-refractivity contribution < 1.29 is 18.3 Å². The highest BCUT2D eigenvalue weighted by molar-refractivity contribution is 7.89. The van der Waals surface area contributed by atoms with E-state index in [1.165, 1.54) is 11.3 Å². The molecule has 2 rings (SSSR count). The minimum atomic E-state index is -3.31. The smallest absolute Gasteiger partial charge is 0.345 e. The van der Waals surface area contributed by atoms with Crippen LogP contribution in [0.25, 0.3) is 0 Å². The van der Waals surface area contributed by atoms with Crippen LogP contribution in [0.1, 0.15) is 46.3 Å². The first-order chi connectivity index (χ1) is 9.77. The zero-order valence-electron chi connectivity index (χ0n) is 12.3. The number of aryl methyl sites for hydroxylation is 1. The molecule has 5 nitrogen and oxygen atoms in total. The molecule has 0 saturated heterocycles. The van der Waals surface area contributed by atoms with Crippen molar-refractivity contribution in [3.63, 3.8) is 0 Å². The van der Waals surface area contributed by atoms with E-state index in [1.807, 2.05) is 0 Å². The van der Waals surface area contributed by atoms with E-state index in [0.717, 1.165) is 29.7 Å². The summed E-state index contributed by atoms with van der Waals surface area (Å²) in [6, 6.07) is 1.54. The monoisotopic (exact) mass is 331 g/mol. The lowest BCUT2D eigenvalue weighted by Gasteiger charge is -2.11. The predicted molar refractivity (Wildman–Crippen MR) is 83.1 cm³/mol. The van der Waals surface area contributed by atoms with Gasteiger partial charge in [-0.1, -0.05) is 13.3 Å². The quantitative estimate of drug-likeness (QED) is 0.839. The van der Waals surface area contributed by atoms with E-state index in [0.29, 0.717) is 5.92 Å². The van der Waals surface area contributed by atoms with E-state index in [2.05, 4.69) is 11.6 Å². The third-order valence-corrected chi connectivity index (χ3v) is 6.55. The highest BCUT2D eigenvalue weighted by Gasteiger charge is 2.26. The molecule has 0 aromatic carbocycles. The fraction of sp³-hybridized carbons (Fsp3) is 0.643. The number of rotatable bonds is 6. The number of carboxylic acid groups (broad SMARTS) is 1. The molecule has 1 saturated carbocycles. The van der Waals surface area contributed by atoms with Crippen LogP contribution in [0.15, 0.2) is 6.07 Å². The molecule has 0 radical (unpaired) electrons. The molecule has 118 valence electrons. The minimum Gasteiger partial charge on any atom is -0.477 e. The van der Waals surface area contributed by atoms with Crippen molar-refractivity contribution >= 4 is 27.3 Å². The molecule has 1 aliphatic carbocycles. The number of hydrogen-bond acceptors (Lipinski definition) is 4. The Hall–Kier alpha value is -0.920. The second kappa shape index (κ2) is 6.46. The van der Waals surface area contributed by atoms with Gasteiger partial charge < -0.3 is 5.11 Å². The van der Waals surface area contributed by atoms with Crippen molar-refractivity contribution in [1.82, 2.24) is 4.72 Å². The maximum absolute atomic E-state index is 12.1. The first-order valence-corrected chi connectivity index (χ1v) is 9.53. The molecular formula is C14H21NO4S2. The van der Waals surface area contributed by atoms with Crippen LogP contribution < -0.4 is 4.72 Å². The highest BCUT2D eigenvalue weighted by Crippen LogP contribution is 2.31. The molecule has 1 aromatic heterocycles. The maximum atomic E-state index is 12.1. The van der Waals surface area contributed by atoms with Gasteiger partial charge in [-0.2, -0.15) is 0 Å². The third-order valence-electron chi connectivity index (χ3n) is 3.97. The van der Waals surface area contributed by atoms with Crippen LogP contribution in [0.4, 0.5) is 0 Å². The largest absolute Gasteiger partial charge is 0.477 e. The molecule has 2 N–H and O–H groups in total. The van der Waals surface area contributed by atoms with Crippen LogP contribution in [0, 0.1) is 18.8 Å². The summed E-state index contributed by atoms with van der Waals surface area (Å²) in [6.45, 7) is 4.13. The molecule has 2 atom stereocenters. The Morgan fingerprint density at radius 1 is 1.48 bits per heavy atom. The number of carboxylic acids is 1. The van der Waals surface area contributed by atoms with Crippen molar-refractivity contribution in [1.29, 1.82) is 0 Å². The fourth-order valence-corrected chi connectivity index (χ4v) is 5.13.